The summed E-state index contributed by atoms with van der Waals surface area (Å²) in [4.78, 5) is 12.7. The summed E-state index contributed by atoms with van der Waals surface area (Å²) in [6.45, 7) is 3.69. The van der Waals surface area contributed by atoms with E-state index in [1.54, 1.807) is 6.07 Å². The second kappa shape index (κ2) is 6.05. The highest BCUT2D eigenvalue weighted by Crippen LogP contribution is 2.39. The number of ketones is 1. The molecule has 0 spiro atoms. The molecule has 0 saturated heterocycles. The number of benzene rings is 2. The number of nitrogen functional groups attached to an aromatic ring is 1. The number of hydrogen-bond acceptors (Lipinski definition) is 2. The van der Waals surface area contributed by atoms with E-state index in [4.69, 9.17) is 52.1 Å². The van der Waals surface area contributed by atoms with Crippen molar-refractivity contribution in [1.82, 2.24) is 0 Å². The molecule has 0 radical (unpaired) electrons. The van der Waals surface area contributed by atoms with Crippen LogP contribution in [0.2, 0.25) is 20.1 Å². The zero-order chi connectivity index (χ0) is 15.9. The molecule has 0 aromatic heterocycles. The maximum atomic E-state index is 12.7. The fourth-order valence-corrected chi connectivity index (χ4v) is 3.11. The van der Waals surface area contributed by atoms with Crippen molar-refractivity contribution in [1.29, 1.82) is 0 Å². The van der Waals surface area contributed by atoms with Crippen LogP contribution in [0.25, 0.3) is 0 Å². The van der Waals surface area contributed by atoms with E-state index in [0.29, 0.717) is 11.3 Å². The summed E-state index contributed by atoms with van der Waals surface area (Å²) in [5, 5.41) is 0.489. The molecule has 110 valence electrons. The third kappa shape index (κ3) is 3.00. The maximum absolute atomic E-state index is 12.7. The third-order valence-electron chi connectivity index (χ3n) is 3.20. The first kappa shape index (κ1) is 16.4. The van der Waals surface area contributed by atoms with Gasteiger partial charge in [0.1, 0.15) is 0 Å². The number of nitrogens with two attached hydrogens (primary N) is 1. The van der Waals surface area contributed by atoms with E-state index in [2.05, 4.69) is 0 Å². The van der Waals surface area contributed by atoms with Crippen molar-refractivity contribution < 1.29 is 4.79 Å². The van der Waals surface area contributed by atoms with Crippen LogP contribution in [0.5, 0.6) is 0 Å². The van der Waals surface area contributed by atoms with E-state index < -0.39 is 0 Å². The lowest BCUT2D eigenvalue weighted by Gasteiger charge is -2.12. The van der Waals surface area contributed by atoms with Crippen molar-refractivity contribution in [2.24, 2.45) is 0 Å². The largest absolute Gasteiger partial charge is 0.398 e. The van der Waals surface area contributed by atoms with Gasteiger partial charge >= 0.3 is 0 Å². The number of aryl methyl sites for hydroxylation is 2. The number of carbonyl (C=O) groups is 1. The van der Waals surface area contributed by atoms with Crippen LogP contribution in [0.15, 0.2) is 18.2 Å². The first-order chi connectivity index (χ1) is 9.73. The molecule has 0 bridgehead atoms. The van der Waals surface area contributed by atoms with Gasteiger partial charge in [-0.3, -0.25) is 4.79 Å². The summed E-state index contributed by atoms with van der Waals surface area (Å²) in [6.07, 6.45) is 0. The van der Waals surface area contributed by atoms with E-state index in [-0.39, 0.29) is 31.4 Å². The summed E-state index contributed by atoms with van der Waals surface area (Å²) >= 11 is 24.1. The van der Waals surface area contributed by atoms with E-state index in [1.807, 2.05) is 19.9 Å². The van der Waals surface area contributed by atoms with Crippen LogP contribution in [0, 0.1) is 13.8 Å². The van der Waals surface area contributed by atoms with Gasteiger partial charge in [0.25, 0.3) is 0 Å². The van der Waals surface area contributed by atoms with Crippen molar-refractivity contribution in [3.8, 4) is 0 Å². The minimum absolute atomic E-state index is 0.0395. The number of carbonyl (C=O) groups excluding carboxylic acids is 1. The Morgan fingerprint density at radius 3 is 2.14 bits per heavy atom. The van der Waals surface area contributed by atoms with Gasteiger partial charge in [0.2, 0.25) is 0 Å². The van der Waals surface area contributed by atoms with E-state index in [9.17, 15) is 4.79 Å². The van der Waals surface area contributed by atoms with E-state index in [1.165, 1.54) is 6.07 Å². The highest BCUT2D eigenvalue weighted by Gasteiger charge is 2.22. The lowest BCUT2D eigenvalue weighted by atomic mass is 9.96. The van der Waals surface area contributed by atoms with Gasteiger partial charge in [-0.05, 0) is 37.1 Å². The molecule has 0 unspecified atom stereocenters. The minimum atomic E-state index is -0.340. The lowest BCUT2D eigenvalue weighted by Crippen LogP contribution is -2.07. The molecule has 2 N–H and O–H groups in total. The second-order valence-electron chi connectivity index (χ2n) is 4.70. The predicted octanol–water partition coefficient (Wildman–Crippen LogP) is 5.73. The van der Waals surface area contributed by atoms with Crippen LogP contribution in [-0.4, -0.2) is 5.78 Å². The second-order valence-corrected chi connectivity index (χ2v) is 6.27. The maximum Gasteiger partial charge on any atom is 0.196 e. The standard InChI is InChI=1S/C15H11Cl4NO/c1-6-3-7(2)11(20)4-8(6)15(21)12-9(16)5-10(17)13(18)14(12)19/h3-5H,20H2,1-2H3. The van der Waals surface area contributed by atoms with Gasteiger partial charge in [-0.1, -0.05) is 52.5 Å². The fraction of sp³-hybridized carbons (Fsp3) is 0.133. The molecule has 2 aromatic rings. The van der Waals surface area contributed by atoms with Gasteiger partial charge in [0.15, 0.2) is 5.78 Å². The summed E-state index contributed by atoms with van der Waals surface area (Å²) in [6, 6.07) is 4.85. The van der Waals surface area contributed by atoms with Crippen molar-refractivity contribution in [2.75, 3.05) is 5.73 Å². The SMILES string of the molecule is Cc1cc(C)c(C(=O)c2c(Cl)cc(Cl)c(Cl)c2Cl)cc1N. The summed E-state index contributed by atoms with van der Waals surface area (Å²) < 4.78 is 0. The van der Waals surface area contributed by atoms with E-state index >= 15 is 0 Å². The Morgan fingerprint density at radius 2 is 1.52 bits per heavy atom. The van der Waals surface area contributed by atoms with Crippen molar-refractivity contribution >= 4 is 57.9 Å². The summed E-state index contributed by atoms with van der Waals surface area (Å²) in [5.41, 5.74) is 8.63. The molecule has 0 amide bonds. The lowest BCUT2D eigenvalue weighted by molar-refractivity contribution is 0.103. The van der Waals surface area contributed by atoms with Gasteiger partial charge < -0.3 is 5.73 Å². The average Bonchev–Trinajstić information content (AvgIpc) is 2.40. The van der Waals surface area contributed by atoms with Crippen molar-refractivity contribution in [2.45, 2.75) is 13.8 Å². The Kier molecular flexibility index (Phi) is 4.74. The Hall–Kier alpha value is -0.930. The number of hydrogen-bond donors (Lipinski definition) is 1. The Labute approximate surface area is 142 Å². The molecule has 0 aliphatic heterocycles. The Morgan fingerprint density at radius 1 is 0.905 bits per heavy atom. The van der Waals surface area contributed by atoms with Crippen LogP contribution in [0.3, 0.4) is 0 Å². The van der Waals surface area contributed by atoms with Gasteiger partial charge in [-0.2, -0.15) is 0 Å². The summed E-state index contributed by atoms with van der Waals surface area (Å²) in [5.74, 6) is -0.340. The van der Waals surface area contributed by atoms with Crippen molar-refractivity contribution in [3.05, 3.63) is 60.5 Å². The monoisotopic (exact) mass is 361 g/mol. The summed E-state index contributed by atoms with van der Waals surface area (Å²) in [7, 11) is 0. The molecule has 2 aromatic carbocycles. The van der Waals surface area contributed by atoms with Gasteiger partial charge in [-0.25, -0.2) is 0 Å². The Bertz CT molecular complexity index is 756. The van der Waals surface area contributed by atoms with Crippen LogP contribution in [0.4, 0.5) is 5.69 Å². The fourth-order valence-electron chi connectivity index (χ4n) is 2.02. The quantitative estimate of drug-likeness (QED) is 0.321. The highest BCUT2D eigenvalue weighted by atomic mass is 35.5. The topological polar surface area (TPSA) is 43.1 Å². The first-order valence-electron chi connectivity index (χ1n) is 5.98. The highest BCUT2D eigenvalue weighted by molar-refractivity contribution is 6.51. The molecule has 2 rings (SSSR count). The zero-order valence-electron chi connectivity index (χ0n) is 11.2. The number of rotatable bonds is 2. The molecule has 0 fully saturated rings. The molecule has 0 heterocycles. The smallest absolute Gasteiger partial charge is 0.196 e. The van der Waals surface area contributed by atoms with Crippen LogP contribution < -0.4 is 5.73 Å². The molecule has 2 nitrogen and oxygen atoms in total. The van der Waals surface area contributed by atoms with Gasteiger partial charge in [-0.15, -0.1) is 0 Å². The Balaban J connectivity index is 2.66. The molecule has 6 heteroatoms. The normalized spacial score (nSPS) is 10.8. The minimum Gasteiger partial charge on any atom is -0.398 e. The molecule has 0 aliphatic carbocycles. The average molecular weight is 363 g/mol. The van der Waals surface area contributed by atoms with Crippen LogP contribution in [0.1, 0.15) is 27.0 Å². The third-order valence-corrected chi connectivity index (χ3v) is 4.76. The first-order valence-corrected chi connectivity index (χ1v) is 7.49. The molecular formula is C15H11Cl4NO. The van der Waals surface area contributed by atoms with Gasteiger partial charge in [0, 0.05) is 11.3 Å². The van der Waals surface area contributed by atoms with Crippen LogP contribution >= 0.6 is 46.4 Å². The number of halogens is 4. The molecule has 21 heavy (non-hydrogen) atoms. The van der Waals surface area contributed by atoms with E-state index in [0.717, 1.165) is 11.1 Å². The zero-order valence-corrected chi connectivity index (χ0v) is 14.3. The predicted molar refractivity (Wildman–Crippen MR) is 90.2 cm³/mol. The number of anilines is 1. The van der Waals surface area contributed by atoms with Crippen LogP contribution in [-0.2, 0) is 0 Å². The van der Waals surface area contributed by atoms with Gasteiger partial charge in [0.05, 0.1) is 25.7 Å². The molecule has 0 aliphatic rings. The van der Waals surface area contributed by atoms with Crippen molar-refractivity contribution in [3.63, 3.8) is 0 Å². The molecular weight excluding hydrogens is 352 g/mol. The molecule has 0 saturated carbocycles. The molecule has 0 atom stereocenters.